The van der Waals surface area contributed by atoms with E-state index in [2.05, 4.69) is 15.0 Å². The van der Waals surface area contributed by atoms with Gasteiger partial charge in [0.05, 0.1) is 24.5 Å². The van der Waals surface area contributed by atoms with Gasteiger partial charge >= 0.3 is 0 Å². The third-order valence-corrected chi connectivity index (χ3v) is 4.48. The van der Waals surface area contributed by atoms with Crippen LogP contribution in [0, 0.1) is 0 Å². The Kier molecular flexibility index (Phi) is 3.93. The molecule has 132 valence electrons. The first-order valence-corrected chi connectivity index (χ1v) is 8.01. The largest absolute Gasteiger partial charge is 0.394 e. The normalized spacial score (nSPS) is 26.7. The number of aliphatic hydroxyl groups excluding tert-OH is 3. The lowest BCUT2D eigenvalue weighted by atomic mass is 10.1. The van der Waals surface area contributed by atoms with Crippen molar-refractivity contribution in [3.05, 3.63) is 34.8 Å². The molecular weight excluding hydrogens is 354 g/mol. The third kappa shape index (κ3) is 2.41. The number of hydrogen-bond acceptors (Lipinski definition) is 8. The summed E-state index contributed by atoms with van der Waals surface area (Å²) in [7, 11) is 0. The molecule has 4 atom stereocenters. The standard InChI is InChI=1S/C14H14ClN5O5/c15-2-6-1-8(22)19-5-17-12-9(13(19)18-6)16-4-20(12)14-11(24)10(23)7(3-21)25-14/h1,4-5,7,10-11,14,21,23-24H,2-3H2/t7-,10+,11-,14-/m0/s1. The minimum absolute atomic E-state index is 0.0745. The van der Waals surface area contributed by atoms with Crippen LogP contribution in [-0.4, -0.2) is 64.2 Å². The SMILES string of the molecule is O=c1cc(CCl)nc2c3ncn([C@H]4O[C@@H](CO)[C@@H](O)[C@@H]4O)c3ncn12. The van der Waals surface area contributed by atoms with Gasteiger partial charge in [0.2, 0.25) is 0 Å². The Balaban J connectivity index is 1.89. The molecule has 0 unspecified atom stereocenters. The van der Waals surface area contributed by atoms with Gasteiger partial charge in [0.1, 0.15) is 24.6 Å². The average Bonchev–Trinajstić information content (AvgIpc) is 3.16. The fraction of sp³-hybridized carbons (Fsp3) is 0.429. The first-order chi connectivity index (χ1) is 12.0. The van der Waals surface area contributed by atoms with E-state index in [1.807, 2.05) is 0 Å². The van der Waals surface area contributed by atoms with Crippen LogP contribution >= 0.6 is 11.6 Å². The third-order valence-electron chi connectivity index (χ3n) is 4.21. The van der Waals surface area contributed by atoms with Crippen LogP contribution in [-0.2, 0) is 10.6 Å². The van der Waals surface area contributed by atoms with Crippen molar-refractivity contribution in [3.8, 4) is 0 Å². The molecule has 0 saturated carbocycles. The van der Waals surface area contributed by atoms with Crippen LogP contribution in [0.15, 0.2) is 23.5 Å². The van der Waals surface area contributed by atoms with Gasteiger partial charge in [-0.15, -0.1) is 11.6 Å². The molecule has 1 saturated heterocycles. The molecular formula is C14H14ClN5O5. The summed E-state index contributed by atoms with van der Waals surface area (Å²) in [5, 5.41) is 29.3. The van der Waals surface area contributed by atoms with Crippen molar-refractivity contribution in [1.82, 2.24) is 23.9 Å². The number of fused-ring (bicyclic) bond motifs is 3. The average molecular weight is 368 g/mol. The van der Waals surface area contributed by atoms with E-state index in [1.54, 1.807) is 0 Å². The van der Waals surface area contributed by atoms with Crippen LogP contribution in [0.2, 0.25) is 0 Å². The quantitative estimate of drug-likeness (QED) is 0.491. The second-order valence-corrected chi connectivity index (χ2v) is 5.98. The number of ether oxygens (including phenoxy) is 1. The maximum Gasteiger partial charge on any atom is 0.259 e. The van der Waals surface area contributed by atoms with Crippen LogP contribution in [0.25, 0.3) is 16.8 Å². The molecule has 0 spiro atoms. The predicted octanol–water partition coefficient (Wildman–Crippen LogP) is -1.21. The zero-order chi connectivity index (χ0) is 17.7. The van der Waals surface area contributed by atoms with E-state index in [-0.39, 0.29) is 17.1 Å². The van der Waals surface area contributed by atoms with E-state index in [0.29, 0.717) is 16.9 Å². The lowest BCUT2D eigenvalue weighted by molar-refractivity contribution is -0.0511. The molecule has 0 aliphatic carbocycles. The number of aromatic nitrogens is 5. The minimum atomic E-state index is -1.27. The van der Waals surface area contributed by atoms with Crippen LogP contribution in [0.5, 0.6) is 0 Å². The molecule has 0 amide bonds. The van der Waals surface area contributed by atoms with Crippen molar-refractivity contribution in [2.24, 2.45) is 0 Å². The van der Waals surface area contributed by atoms with Crippen LogP contribution in [0.1, 0.15) is 11.9 Å². The number of aliphatic hydroxyl groups is 3. The Morgan fingerprint density at radius 1 is 1.20 bits per heavy atom. The van der Waals surface area contributed by atoms with Gasteiger partial charge in [0.25, 0.3) is 5.56 Å². The first-order valence-electron chi connectivity index (χ1n) is 7.47. The fourth-order valence-corrected chi connectivity index (χ4v) is 3.07. The van der Waals surface area contributed by atoms with Crippen LogP contribution in [0.4, 0.5) is 0 Å². The second-order valence-electron chi connectivity index (χ2n) is 5.71. The Labute approximate surface area is 144 Å². The van der Waals surface area contributed by atoms with Gasteiger partial charge < -0.3 is 20.1 Å². The number of hydrogen-bond donors (Lipinski definition) is 3. The van der Waals surface area contributed by atoms with Crippen molar-refractivity contribution in [2.75, 3.05) is 6.61 Å². The van der Waals surface area contributed by atoms with E-state index in [4.69, 9.17) is 16.3 Å². The Morgan fingerprint density at radius 2 is 2.00 bits per heavy atom. The van der Waals surface area contributed by atoms with Crippen molar-refractivity contribution in [2.45, 2.75) is 30.4 Å². The van der Waals surface area contributed by atoms with Crippen molar-refractivity contribution < 1.29 is 20.1 Å². The molecule has 3 N–H and O–H groups in total. The summed E-state index contributed by atoms with van der Waals surface area (Å²) in [6.07, 6.45) is -1.73. The molecule has 25 heavy (non-hydrogen) atoms. The fourth-order valence-electron chi connectivity index (χ4n) is 2.93. The summed E-state index contributed by atoms with van der Waals surface area (Å²) in [4.78, 5) is 24.8. The van der Waals surface area contributed by atoms with Gasteiger partial charge in [0, 0.05) is 6.07 Å². The number of imidazole rings is 1. The van der Waals surface area contributed by atoms with Gasteiger partial charge in [-0.25, -0.2) is 19.4 Å². The highest BCUT2D eigenvalue weighted by atomic mass is 35.5. The van der Waals surface area contributed by atoms with Gasteiger partial charge in [0.15, 0.2) is 23.0 Å². The lowest BCUT2D eigenvalue weighted by Crippen LogP contribution is -2.33. The van der Waals surface area contributed by atoms with Gasteiger partial charge in [-0.05, 0) is 0 Å². The minimum Gasteiger partial charge on any atom is -0.394 e. The van der Waals surface area contributed by atoms with Crippen LogP contribution < -0.4 is 5.56 Å². The summed E-state index contributed by atoms with van der Waals surface area (Å²) in [6, 6.07) is 1.32. The zero-order valence-electron chi connectivity index (χ0n) is 12.7. The van der Waals surface area contributed by atoms with E-state index in [9.17, 15) is 20.1 Å². The molecule has 1 aliphatic heterocycles. The molecule has 11 heteroatoms. The summed E-state index contributed by atoms with van der Waals surface area (Å²) in [6.45, 7) is -0.437. The zero-order valence-corrected chi connectivity index (χ0v) is 13.5. The molecule has 10 nitrogen and oxygen atoms in total. The van der Waals surface area contributed by atoms with Crippen LogP contribution in [0.3, 0.4) is 0 Å². The Hall–Kier alpha value is -2.11. The van der Waals surface area contributed by atoms with E-state index >= 15 is 0 Å². The Bertz CT molecular complexity index is 1000. The first kappa shape index (κ1) is 16.4. The maximum atomic E-state index is 12.1. The topological polar surface area (TPSA) is 135 Å². The van der Waals surface area contributed by atoms with Crippen molar-refractivity contribution >= 4 is 28.4 Å². The monoisotopic (exact) mass is 367 g/mol. The van der Waals surface area contributed by atoms with E-state index < -0.39 is 31.1 Å². The number of halogens is 1. The molecule has 1 aliphatic rings. The number of nitrogens with zero attached hydrogens (tertiary/aromatic N) is 5. The molecule has 3 aromatic rings. The number of rotatable bonds is 3. The molecule has 0 aromatic carbocycles. The molecule has 0 bridgehead atoms. The molecule has 0 radical (unpaired) electrons. The summed E-state index contributed by atoms with van der Waals surface area (Å²) in [5.41, 5.74) is 0.982. The highest BCUT2D eigenvalue weighted by Gasteiger charge is 2.44. The smallest absolute Gasteiger partial charge is 0.259 e. The second kappa shape index (κ2) is 6.00. The van der Waals surface area contributed by atoms with E-state index in [1.165, 1.54) is 27.7 Å². The summed E-state index contributed by atoms with van der Waals surface area (Å²) >= 11 is 5.77. The molecule has 4 heterocycles. The number of alkyl halides is 1. The van der Waals surface area contributed by atoms with Crippen molar-refractivity contribution in [3.63, 3.8) is 0 Å². The summed E-state index contributed by atoms with van der Waals surface area (Å²) < 4.78 is 8.16. The highest BCUT2D eigenvalue weighted by molar-refractivity contribution is 6.16. The van der Waals surface area contributed by atoms with E-state index in [0.717, 1.165) is 0 Å². The Morgan fingerprint density at radius 3 is 2.68 bits per heavy atom. The molecule has 4 rings (SSSR count). The molecule has 1 fully saturated rings. The van der Waals surface area contributed by atoms with Crippen molar-refractivity contribution in [1.29, 1.82) is 0 Å². The van der Waals surface area contributed by atoms with Gasteiger partial charge in [-0.3, -0.25) is 9.36 Å². The predicted molar refractivity (Wildman–Crippen MR) is 85.1 cm³/mol. The highest BCUT2D eigenvalue weighted by Crippen LogP contribution is 2.31. The summed E-state index contributed by atoms with van der Waals surface area (Å²) in [5.74, 6) is 0.0745. The maximum absolute atomic E-state index is 12.1. The lowest BCUT2D eigenvalue weighted by Gasteiger charge is -2.16. The molecule has 3 aromatic heterocycles. The van der Waals surface area contributed by atoms with Gasteiger partial charge in [-0.2, -0.15) is 0 Å². The van der Waals surface area contributed by atoms with Gasteiger partial charge in [-0.1, -0.05) is 0 Å².